The van der Waals surface area contributed by atoms with E-state index in [1.54, 1.807) is 0 Å². The lowest BCUT2D eigenvalue weighted by molar-refractivity contribution is 0.0499. The zero-order valence-corrected chi connectivity index (χ0v) is 10.3. The summed E-state index contributed by atoms with van der Waals surface area (Å²) in [4.78, 5) is 15.7. The number of rotatable bonds is 5. The van der Waals surface area contributed by atoms with Gasteiger partial charge >= 0.3 is 5.97 Å². The highest BCUT2D eigenvalue weighted by Gasteiger charge is 2.13. The van der Waals surface area contributed by atoms with Gasteiger partial charge in [0.2, 0.25) is 5.01 Å². The molecular formula is C11H17NO2S. The van der Waals surface area contributed by atoms with E-state index in [9.17, 15) is 4.79 Å². The topological polar surface area (TPSA) is 39.2 Å². The van der Waals surface area contributed by atoms with Crippen LogP contribution in [-0.2, 0) is 4.74 Å². The molecule has 0 fully saturated rings. The minimum Gasteiger partial charge on any atom is -0.460 e. The monoisotopic (exact) mass is 227 g/mol. The van der Waals surface area contributed by atoms with Gasteiger partial charge in [-0.25, -0.2) is 9.78 Å². The van der Waals surface area contributed by atoms with Gasteiger partial charge < -0.3 is 4.74 Å². The van der Waals surface area contributed by atoms with Crippen molar-refractivity contribution in [2.24, 2.45) is 0 Å². The van der Waals surface area contributed by atoms with Crippen LogP contribution in [0.2, 0.25) is 0 Å². The lowest BCUT2D eigenvalue weighted by Gasteiger charge is -2.00. The highest BCUT2D eigenvalue weighted by Crippen LogP contribution is 2.18. The summed E-state index contributed by atoms with van der Waals surface area (Å²) in [6.07, 6.45) is 1.94. The van der Waals surface area contributed by atoms with Gasteiger partial charge in [-0.2, -0.15) is 0 Å². The molecule has 1 rings (SSSR count). The van der Waals surface area contributed by atoms with Crippen molar-refractivity contribution in [3.63, 3.8) is 0 Å². The molecule has 1 aromatic rings. The van der Waals surface area contributed by atoms with E-state index in [4.69, 9.17) is 4.74 Å². The van der Waals surface area contributed by atoms with Crippen molar-refractivity contribution in [2.45, 2.75) is 39.5 Å². The number of hydrogen-bond acceptors (Lipinski definition) is 4. The van der Waals surface area contributed by atoms with Crippen molar-refractivity contribution in [1.29, 1.82) is 0 Å². The van der Waals surface area contributed by atoms with Crippen LogP contribution in [-0.4, -0.2) is 17.6 Å². The Bertz CT molecular complexity index is 320. The molecule has 0 saturated carbocycles. The molecule has 0 amide bonds. The zero-order chi connectivity index (χ0) is 11.3. The maximum absolute atomic E-state index is 11.5. The van der Waals surface area contributed by atoms with Crippen molar-refractivity contribution in [2.75, 3.05) is 6.61 Å². The first-order valence-electron chi connectivity index (χ1n) is 5.27. The third kappa shape index (κ3) is 3.63. The molecule has 0 radical (unpaired) electrons. The van der Waals surface area contributed by atoms with Crippen LogP contribution in [0.4, 0.5) is 0 Å². The Kier molecular flexibility index (Phi) is 4.75. The molecule has 0 atom stereocenters. The quantitative estimate of drug-likeness (QED) is 0.572. The van der Waals surface area contributed by atoms with Gasteiger partial charge in [0.25, 0.3) is 0 Å². The standard InChI is InChI=1S/C11H17NO2S/c1-4-5-6-14-11(13)10-12-9(7-15-10)8(2)3/h7-8H,4-6H2,1-3H3. The van der Waals surface area contributed by atoms with Crippen LogP contribution < -0.4 is 0 Å². The molecule has 0 spiro atoms. The van der Waals surface area contributed by atoms with Crippen LogP contribution in [0.25, 0.3) is 0 Å². The number of unbranched alkanes of at least 4 members (excludes halogenated alkanes) is 1. The second-order valence-electron chi connectivity index (χ2n) is 3.72. The molecule has 0 aliphatic carbocycles. The third-order valence-electron chi connectivity index (χ3n) is 2.02. The van der Waals surface area contributed by atoms with Gasteiger partial charge in [-0.3, -0.25) is 0 Å². The van der Waals surface area contributed by atoms with Crippen LogP contribution in [0.1, 0.15) is 55.0 Å². The first-order chi connectivity index (χ1) is 7.15. The van der Waals surface area contributed by atoms with E-state index in [0.717, 1.165) is 18.5 Å². The van der Waals surface area contributed by atoms with E-state index >= 15 is 0 Å². The fourth-order valence-corrected chi connectivity index (χ4v) is 1.89. The second-order valence-corrected chi connectivity index (χ2v) is 4.58. The van der Waals surface area contributed by atoms with Crippen LogP contribution in [0.5, 0.6) is 0 Å². The number of esters is 1. The molecule has 3 nitrogen and oxygen atoms in total. The van der Waals surface area contributed by atoms with Gasteiger partial charge in [0.1, 0.15) is 0 Å². The molecule has 1 heterocycles. The van der Waals surface area contributed by atoms with E-state index in [1.165, 1.54) is 11.3 Å². The van der Waals surface area contributed by atoms with Crippen LogP contribution >= 0.6 is 11.3 Å². The number of ether oxygens (including phenoxy) is 1. The first-order valence-corrected chi connectivity index (χ1v) is 6.15. The van der Waals surface area contributed by atoms with Crippen molar-refractivity contribution in [3.05, 3.63) is 16.1 Å². The van der Waals surface area contributed by atoms with Crippen LogP contribution in [0.15, 0.2) is 5.38 Å². The lowest BCUT2D eigenvalue weighted by Crippen LogP contribution is -2.06. The Morgan fingerprint density at radius 3 is 2.87 bits per heavy atom. The molecule has 84 valence electrons. The number of thiazole rings is 1. The summed E-state index contributed by atoms with van der Waals surface area (Å²) in [5.41, 5.74) is 0.961. The molecule has 0 aliphatic rings. The maximum Gasteiger partial charge on any atom is 0.367 e. The Morgan fingerprint density at radius 1 is 1.60 bits per heavy atom. The summed E-state index contributed by atoms with van der Waals surface area (Å²) in [6.45, 7) is 6.67. The SMILES string of the molecule is CCCCOC(=O)c1nc(C(C)C)cs1. The zero-order valence-electron chi connectivity index (χ0n) is 9.45. The average molecular weight is 227 g/mol. The number of aromatic nitrogens is 1. The molecule has 1 aromatic heterocycles. The molecule has 0 aliphatic heterocycles. The predicted molar refractivity (Wildman–Crippen MR) is 61.4 cm³/mol. The van der Waals surface area contributed by atoms with E-state index in [1.807, 2.05) is 5.38 Å². The second kappa shape index (κ2) is 5.85. The van der Waals surface area contributed by atoms with Crippen molar-refractivity contribution < 1.29 is 9.53 Å². The van der Waals surface area contributed by atoms with Crippen molar-refractivity contribution >= 4 is 17.3 Å². The highest BCUT2D eigenvalue weighted by atomic mass is 32.1. The number of carbonyl (C=O) groups excluding carboxylic acids is 1. The summed E-state index contributed by atoms with van der Waals surface area (Å²) in [7, 11) is 0. The normalized spacial score (nSPS) is 10.7. The minimum absolute atomic E-state index is 0.291. The predicted octanol–water partition coefficient (Wildman–Crippen LogP) is 3.22. The lowest BCUT2D eigenvalue weighted by atomic mass is 10.2. The molecule has 0 unspecified atom stereocenters. The van der Waals surface area contributed by atoms with E-state index in [2.05, 4.69) is 25.8 Å². The molecule has 0 bridgehead atoms. The smallest absolute Gasteiger partial charge is 0.367 e. The molecule has 0 N–H and O–H groups in total. The average Bonchev–Trinajstić information content (AvgIpc) is 2.66. The number of hydrogen-bond donors (Lipinski definition) is 0. The number of carbonyl (C=O) groups is 1. The Morgan fingerprint density at radius 2 is 2.33 bits per heavy atom. The summed E-state index contributed by atoms with van der Waals surface area (Å²) >= 11 is 1.36. The third-order valence-corrected chi connectivity index (χ3v) is 2.86. The number of nitrogens with zero attached hydrogens (tertiary/aromatic N) is 1. The van der Waals surface area contributed by atoms with Gasteiger partial charge in [0.05, 0.1) is 12.3 Å². The Hall–Kier alpha value is -0.900. The fourth-order valence-electron chi connectivity index (χ4n) is 1.02. The minimum atomic E-state index is -0.291. The summed E-state index contributed by atoms with van der Waals surface area (Å²) in [6, 6.07) is 0. The molecule has 0 aromatic carbocycles. The van der Waals surface area contributed by atoms with Gasteiger partial charge in [-0.1, -0.05) is 27.2 Å². The summed E-state index contributed by atoms with van der Waals surface area (Å²) in [5, 5.41) is 2.39. The van der Waals surface area contributed by atoms with E-state index in [0.29, 0.717) is 17.5 Å². The van der Waals surface area contributed by atoms with Gasteiger partial charge in [0, 0.05) is 5.38 Å². The molecule has 4 heteroatoms. The van der Waals surface area contributed by atoms with Gasteiger partial charge in [-0.05, 0) is 12.3 Å². The van der Waals surface area contributed by atoms with Gasteiger partial charge in [-0.15, -0.1) is 11.3 Å². The Balaban J connectivity index is 2.51. The van der Waals surface area contributed by atoms with E-state index < -0.39 is 0 Å². The molecular weight excluding hydrogens is 210 g/mol. The van der Waals surface area contributed by atoms with Crippen molar-refractivity contribution in [3.8, 4) is 0 Å². The first kappa shape index (κ1) is 12.2. The fraction of sp³-hybridized carbons (Fsp3) is 0.636. The van der Waals surface area contributed by atoms with E-state index in [-0.39, 0.29) is 5.97 Å². The maximum atomic E-state index is 11.5. The van der Waals surface area contributed by atoms with Crippen LogP contribution in [0.3, 0.4) is 0 Å². The summed E-state index contributed by atoms with van der Waals surface area (Å²) < 4.78 is 5.07. The van der Waals surface area contributed by atoms with Gasteiger partial charge in [0.15, 0.2) is 0 Å². The Labute approximate surface area is 94.5 Å². The highest BCUT2D eigenvalue weighted by molar-refractivity contribution is 7.11. The molecule has 0 saturated heterocycles. The van der Waals surface area contributed by atoms with Crippen LogP contribution in [0, 0.1) is 0 Å². The summed E-state index contributed by atoms with van der Waals surface area (Å²) in [5.74, 6) is 0.0683. The molecule has 15 heavy (non-hydrogen) atoms. The largest absolute Gasteiger partial charge is 0.460 e. The van der Waals surface area contributed by atoms with Crippen molar-refractivity contribution in [1.82, 2.24) is 4.98 Å².